The van der Waals surface area contributed by atoms with Gasteiger partial charge in [0.05, 0.1) is 11.5 Å². The zero-order valence-corrected chi connectivity index (χ0v) is 16.7. The van der Waals surface area contributed by atoms with Gasteiger partial charge < -0.3 is 16.0 Å². The molecule has 0 spiro atoms. The number of nitrogens with zero attached hydrogens (tertiary/aromatic N) is 1. The van der Waals surface area contributed by atoms with Gasteiger partial charge in [-0.2, -0.15) is 0 Å². The van der Waals surface area contributed by atoms with Gasteiger partial charge in [0.25, 0.3) is 5.91 Å². The standard InChI is InChI=1S/C19H24N4O5S/c20-14-6-7-29(27,28)10-15(14)21-8-11-2-1-3-12-13(11)9-23(19(12)26)16-4-5-17(24)22-18(16)25/h1-3,14-16,21H,4-10,20H2,(H,22,24,25)/t14-,15-,16?/m1/s1. The molecule has 1 aromatic carbocycles. The van der Waals surface area contributed by atoms with Crippen molar-refractivity contribution in [2.24, 2.45) is 5.73 Å². The molecule has 9 nitrogen and oxygen atoms in total. The van der Waals surface area contributed by atoms with Gasteiger partial charge in [0.1, 0.15) is 6.04 Å². The molecule has 4 N–H and O–H groups in total. The molecule has 1 unspecified atom stereocenters. The Bertz CT molecular complexity index is 977. The van der Waals surface area contributed by atoms with E-state index in [1.54, 1.807) is 12.1 Å². The Kier molecular flexibility index (Phi) is 5.18. The van der Waals surface area contributed by atoms with Crippen molar-refractivity contribution in [3.05, 3.63) is 34.9 Å². The molecule has 0 saturated carbocycles. The number of fused-ring (bicyclic) bond motifs is 1. The normalized spacial score (nSPS) is 28.9. The van der Waals surface area contributed by atoms with Crippen LogP contribution in [-0.2, 0) is 32.5 Å². The molecular weight excluding hydrogens is 396 g/mol. The van der Waals surface area contributed by atoms with Crippen LogP contribution in [0.5, 0.6) is 0 Å². The fraction of sp³-hybridized carbons (Fsp3) is 0.526. The fourth-order valence-corrected chi connectivity index (χ4v) is 5.97. The molecule has 3 aliphatic heterocycles. The van der Waals surface area contributed by atoms with Crippen LogP contribution < -0.4 is 16.4 Å². The molecule has 2 saturated heterocycles. The third-order valence-electron chi connectivity index (χ3n) is 5.95. The van der Waals surface area contributed by atoms with E-state index in [0.717, 1.165) is 11.1 Å². The van der Waals surface area contributed by atoms with Gasteiger partial charge in [-0.05, 0) is 30.0 Å². The summed E-state index contributed by atoms with van der Waals surface area (Å²) in [6, 6.07) is 4.15. The van der Waals surface area contributed by atoms with Crippen molar-refractivity contribution in [2.75, 3.05) is 11.5 Å². The lowest BCUT2D eigenvalue weighted by Gasteiger charge is -2.30. The maximum absolute atomic E-state index is 12.9. The molecule has 0 aromatic heterocycles. The number of imide groups is 1. The predicted octanol–water partition coefficient (Wildman–Crippen LogP) is -0.948. The summed E-state index contributed by atoms with van der Waals surface area (Å²) in [5.74, 6) is -0.875. The summed E-state index contributed by atoms with van der Waals surface area (Å²) in [5, 5.41) is 5.53. The number of hydrogen-bond donors (Lipinski definition) is 3. The van der Waals surface area contributed by atoms with Crippen LogP contribution in [0.2, 0.25) is 0 Å². The first kappa shape index (κ1) is 20.0. The zero-order chi connectivity index (χ0) is 20.8. The molecule has 4 rings (SSSR count). The van der Waals surface area contributed by atoms with Crippen LogP contribution in [0.15, 0.2) is 18.2 Å². The van der Waals surface area contributed by atoms with Gasteiger partial charge in [0.2, 0.25) is 11.8 Å². The number of nitrogens with one attached hydrogen (secondary N) is 2. The lowest BCUT2D eigenvalue weighted by molar-refractivity contribution is -0.136. The number of amides is 3. The molecule has 29 heavy (non-hydrogen) atoms. The topological polar surface area (TPSA) is 139 Å². The van der Waals surface area contributed by atoms with Crippen molar-refractivity contribution in [2.45, 2.75) is 50.5 Å². The summed E-state index contributed by atoms with van der Waals surface area (Å²) in [7, 11) is -3.10. The molecule has 3 aliphatic rings. The van der Waals surface area contributed by atoms with E-state index in [-0.39, 0.29) is 48.4 Å². The van der Waals surface area contributed by atoms with Gasteiger partial charge in [-0.1, -0.05) is 12.1 Å². The minimum Gasteiger partial charge on any atom is -0.326 e. The third kappa shape index (κ3) is 3.92. The second kappa shape index (κ2) is 7.51. The lowest BCUT2D eigenvalue weighted by atomic mass is 10.0. The van der Waals surface area contributed by atoms with Gasteiger partial charge in [-0.3, -0.25) is 19.7 Å². The SMILES string of the molecule is N[C@@H]1CCS(=O)(=O)C[C@H]1NCc1cccc2c1CN(C1CCC(=O)NC1=O)C2=O. The lowest BCUT2D eigenvalue weighted by Crippen LogP contribution is -2.53. The molecule has 3 atom stereocenters. The van der Waals surface area contributed by atoms with Crippen molar-refractivity contribution >= 4 is 27.6 Å². The highest BCUT2D eigenvalue weighted by Crippen LogP contribution is 2.30. The smallest absolute Gasteiger partial charge is 0.255 e. The Morgan fingerprint density at radius 2 is 2.00 bits per heavy atom. The number of nitrogens with two attached hydrogens (primary N) is 1. The summed E-state index contributed by atoms with van der Waals surface area (Å²) in [6.07, 6.45) is 0.945. The summed E-state index contributed by atoms with van der Waals surface area (Å²) in [4.78, 5) is 38.0. The van der Waals surface area contributed by atoms with E-state index >= 15 is 0 Å². The molecule has 0 bridgehead atoms. The van der Waals surface area contributed by atoms with E-state index in [1.165, 1.54) is 4.90 Å². The molecule has 10 heteroatoms. The van der Waals surface area contributed by atoms with Crippen molar-refractivity contribution in [3.63, 3.8) is 0 Å². The van der Waals surface area contributed by atoms with E-state index in [1.807, 2.05) is 6.07 Å². The first-order chi connectivity index (χ1) is 13.7. The maximum atomic E-state index is 12.9. The van der Waals surface area contributed by atoms with Crippen molar-refractivity contribution in [3.8, 4) is 0 Å². The van der Waals surface area contributed by atoms with Crippen LogP contribution in [0.4, 0.5) is 0 Å². The van der Waals surface area contributed by atoms with Crippen LogP contribution in [0, 0.1) is 0 Å². The number of sulfone groups is 1. The Morgan fingerprint density at radius 3 is 2.76 bits per heavy atom. The summed E-state index contributed by atoms with van der Waals surface area (Å²) < 4.78 is 23.8. The Balaban J connectivity index is 1.50. The minimum atomic E-state index is -3.10. The predicted molar refractivity (Wildman–Crippen MR) is 104 cm³/mol. The average Bonchev–Trinajstić information content (AvgIpc) is 3.00. The van der Waals surface area contributed by atoms with E-state index in [4.69, 9.17) is 5.73 Å². The van der Waals surface area contributed by atoms with E-state index in [0.29, 0.717) is 24.9 Å². The first-order valence-electron chi connectivity index (χ1n) is 9.70. The van der Waals surface area contributed by atoms with Gasteiger partial charge in [-0.25, -0.2) is 8.42 Å². The third-order valence-corrected chi connectivity index (χ3v) is 7.67. The summed E-state index contributed by atoms with van der Waals surface area (Å²) in [5.41, 5.74) is 8.32. The molecule has 3 heterocycles. The Morgan fingerprint density at radius 1 is 1.21 bits per heavy atom. The molecule has 3 amide bonds. The number of piperidine rings is 1. The molecule has 0 radical (unpaired) electrons. The quantitative estimate of drug-likeness (QED) is 0.534. The van der Waals surface area contributed by atoms with Crippen molar-refractivity contribution < 1.29 is 22.8 Å². The second-order valence-electron chi connectivity index (χ2n) is 7.90. The van der Waals surface area contributed by atoms with Gasteiger partial charge >= 0.3 is 0 Å². The van der Waals surface area contributed by atoms with Gasteiger partial charge in [-0.15, -0.1) is 0 Å². The Hall–Kier alpha value is -2.30. The van der Waals surface area contributed by atoms with E-state index < -0.39 is 21.8 Å². The summed E-state index contributed by atoms with van der Waals surface area (Å²) >= 11 is 0. The summed E-state index contributed by atoms with van der Waals surface area (Å²) in [6.45, 7) is 0.668. The monoisotopic (exact) mass is 420 g/mol. The highest BCUT2D eigenvalue weighted by atomic mass is 32.2. The number of carbonyl (C=O) groups is 3. The zero-order valence-electron chi connectivity index (χ0n) is 15.9. The first-order valence-corrected chi connectivity index (χ1v) is 11.5. The largest absolute Gasteiger partial charge is 0.326 e. The van der Waals surface area contributed by atoms with Crippen molar-refractivity contribution in [1.29, 1.82) is 0 Å². The Labute approximate surface area is 168 Å². The molecule has 2 fully saturated rings. The average molecular weight is 420 g/mol. The highest BCUT2D eigenvalue weighted by Gasteiger charge is 2.40. The molecular formula is C19H24N4O5S. The number of hydrogen-bond acceptors (Lipinski definition) is 7. The van der Waals surface area contributed by atoms with Crippen molar-refractivity contribution in [1.82, 2.24) is 15.5 Å². The van der Waals surface area contributed by atoms with E-state index in [2.05, 4.69) is 10.6 Å². The van der Waals surface area contributed by atoms with Gasteiger partial charge in [0.15, 0.2) is 9.84 Å². The van der Waals surface area contributed by atoms with Crippen LogP contribution in [-0.4, -0.2) is 60.7 Å². The maximum Gasteiger partial charge on any atom is 0.255 e. The fourth-order valence-electron chi connectivity index (χ4n) is 4.26. The number of carbonyl (C=O) groups excluding carboxylic acids is 3. The molecule has 156 valence electrons. The second-order valence-corrected chi connectivity index (χ2v) is 10.1. The number of rotatable bonds is 4. The minimum absolute atomic E-state index is 0.00448. The van der Waals surface area contributed by atoms with Crippen LogP contribution in [0.1, 0.15) is 40.7 Å². The van der Waals surface area contributed by atoms with Crippen LogP contribution in [0.3, 0.4) is 0 Å². The molecule has 1 aromatic rings. The van der Waals surface area contributed by atoms with Crippen LogP contribution >= 0.6 is 0 Å². The van der Waals surface area contributed by atoms with E-state index in [9.17, 15) is 22.8 Å². The highest BCUT2D eigenvalue weighted by molar-refractivity contribution is 7.91. The van der Waals surface area contributed by atoms with Gasteiger partial charge in [0, 0.05) is 37.2 Å². The van der Waals surface area contributed by atoms with Crippen LogP contribution in [0.25, 0.3) is 0 Å². The molecule has 0 aliphatic carbocycles. The number of benzene rings is 1.